The number of nitrogens with zero attached hydrogens (tertiary/aromatic N) is 2. The van der Waals surface area contributed by atoms with Gasteiger partial charge in [0.1, 0.15) is 0 Å². The summed E-state index contributed by atoms with van der Waals surface area (Å²) in [7, 11) is 0. The number of rotatable bonds is 3. The highest BCUT2D eigenvalue weighted by Crippen LogP contribution is 2.26. The van der Waals surface area contributed by atoms with E-state index >= 15 is 0 Å². The summed E-state index contributed by atoms with van der Waals surface area (Å²) < 4.78 is 0. The van der Waals surface area contributed by atoms with Crippen molar-refractivity contribution in [3.8, 4) is 6.07 Å². The van der Waals surface area contributed by atoms with Gasteiger partial charge in [-0.15, -0.1) is 0 Å². The van der Waals surface area contributed by atoms with Crippen molar-refractivity contribution >= 4 is 28.2 Å². The van der Waals surface area contributed by atoms with Crippen molar-refractivity contribution in [1.29, 1.82) is 5.26 Å². The van der Waals surface area contributed by atoms with Crippen LogP contribution < -0.4 is 5.32 Å². The largest absolute Gasteiger partial charge is 0.478 e. The molecule has 0 bridgehead atoms. The van der Waals surface area contributed by atoms with Crippen LogP contribution in [-0.4, -0.2) is 16.1 Å². The van der Waals surface area contributed by atoms with Gasteiger partial charge in [0.2, 0.25) is 0 Å². The van der Waals surface area contributed by atoms with Crippen LogP contribution in [0.1, 0.15) is 15.9 Å². The van der Waals surface area contributed by atoms with E-state index in [2.05, 4.69) is 16.4 Å². The number of anilines is 2. The molecule has 0 saturated heterocycles. The number of carboxylic acid groups (broad SMARTS) is 1. The Morgan fingerprint density at radius 2 is 1.91 bits per heavy atom. The molecule has 0 aliphatic heterocycles. The summed E-state index contributed by atoms with van der Waals surface area (Å²) in [6.45, 7) is 0. The summed E-state index contributed by atoms with van der Waals surface area (Å²) in [4.78, 5) is 15.1. The van der Waals surface area contributed by atoms with Gasteiger partial charge in [0.05, 0.1) is 22.7 Å². The van der Waals surface area contributed by atoms with Crippen molar-refractivity contribution in [1.82, 2.24) is 4.98 Å². The third-order valence-electron chi connectivity index (χ3n) is 3.28. The van der Waals surface area contributed by atoms with Gasteiger partial charge in [0, 0.05) is 23.0 Å². The maximum Gasteiger partial charge on any atom is 0.335 e. The van der Waals surface area contributed by atoms with Crippen LogP contribution in [0.2, 0.25) is 0 Å². The van der Waals surface area contributed by atoms with Gasteiger partial charge in [-0.3, -0.25) is 4.98 Å². The molecular formula is C17H11N3O2. The summed E-state index contributed by atoms with van der Waals surface area (Å²) in [5, 5.41) is 22.0. The summed E-state index contributed by atoms with van der Waals surface area (Å²) in [6.07, 6.45) is 1.68. The lowest BCUT2D eigenvalue weighted by Crippen LogP contribution is -1.97. The summed E-state index contributed by atoms with van der Waals surface area (Å²) in [5.74, 6) is -0.959. The van der Waals surface area contributed by atoms with E-state index in [1.807, 2.05) is 6.07 Å². The first kappa shape index (κ1) is 13.6. The third kappa shape index (κ3) is 2.58. The number of aromatic nitrogens is 1. The quantitative estimate of drug-likeness (QED) is 0.770. The van der Waals surface area contributed by atoms with E-state index < -0.39 is 5.97 Å². The molecule has 0 aliphatic carbocycles. The van der Waals surface area contributed by atoms with Crippen LogP contribution in [0.4, 0.5) is 11.4 Å². The van der Waals surface area contributed by atoms with Crippen LogP contribution in [0, 0.1) is 11.3 Å². The first-order valence-corrected chi connectivity index (χ1v) is 6.56. The Morgan fingerprint density at radius 1 is 1.14 bits per heavy atom. The van der Waals surface area contributed by atoms with Crippen molar-refractivity contribution in [2.24, 2.45) is 0 Å². The van der Waals surface area contributed by atoms with Crippen molar-refractivity contribution in [3.05, 3.63) is 65.9 Å². The van der Waals surface area contributed by atoms with Crippen molar-refractivity contribution in [2.45, 2.75) is 0 Å². The summed E-state index contributed by atoms with van der Waals surface area (Å²) in [6, 6.07) is 15.7. The van der Waals surface area contributed by atoms with Gasteiger partial charge in [-0.25, -0.2) is 4.79 Å². The average molecular weight is 289 g/mol. The Balaban J connectivity index is 1.99. The second-order valence-corrected chi connectivity index (χ2v) is 4.71. The van der Waals surface area contributed by atoms with E-state index in [-0.39, 0.29) is 5.56 Å². The van der Waals surface area contributed by atoms with Gasteiger partial charge in [-0.05, 0) is 48.5 Å². The first-order valence-electron chi connectivity index (χ1n) is 6.56. The molecule has 0 saturated carbocycles. The molecule has 0 aliphatic rings. The number of pyridine rings is 1. The minimum absolute atomic E-state index is 0.233. The fourth-order valence-corrected chi connectivity index (χ4v) is 2.18. The molecule has 2 N–H and O–H groups in total. The minimum atomic E-state index is -0.959. The zero-order valence-electron chi connectivity index (χ0n) is 11.4. The van der Waals surface area contributed by atoms with Crippen molar-refractivity contribution in [2.75, 3.05) is 5.32 Å². The number of fused-ring (bicyclic) bond motifs is 1. The Morgan fingerprint density at radius 3 is 2.59 bits per heavy atom. The normalized spacial score (nSPS) is 10.1. The lowest BCUT2D eigenvalue weighted by molar-refractivity contribution is 0.0697. The van der Waals surface area contributed by atoms with Crippen LogP contribution in [0.25, 0.3) is 10.9 Å². The SMILES string of the molecule is N#Cc1ccc2nccc(Nc3ccc(C(=O)O)cc3)c2c1. The Kier molecular flexibility index (Phi) is 3.42. The van der Waals surface area contributed by atoms with Gasteiger partial charge in [-0.2, -0.15) is 5.26 Å². The average Bonchev–Trinajstić information content (AvgIpc) is 2.55. The van der Waals surface area contributed by atoms with Gasteiger partial charge in [-0.1, -0.05) is 0 Å². The number of aromatic carboxylic acids is 1. The van der Waals surface area contributed by atoms with Crippen LogP contribution in [0.3, 0.4) is 0 Å². The number of nitriles is 1. The molecule has 0 unspecified atom stereocenters. The number of benzene rings is 2. The minimum Gasteiger partial charge on any atom is -0.478 e. The smallest absolute Gasteiger partial charge is 0.335 e. The molecule has 22 heavy (non-hydrogen) atoms. The first-order chi connectivity index (χ1) is 10.7. The lowest BCUT2D eigenvalue weighted by atomic mass is 10.1. The van der Waals surface area contributed by atoms with E-state index in [0.29, 0.717) is 5.56 Å². The Bertz CT molecular complexity index is 896. The predicted octanol–water partition coefficient (Wildman–Crippen LogP) is 3.55. The van der Waals surface area contributed by atoms with E-state index in [1.54, 1.807) is 36.5 Å². The monoisotopic (exact) mass is 289 g/mol. The van der Waals surface area contributed by atoms with Gasteiger partial charge in [0.15, 0.2) is 0 Å². The van der Waals surface area contributed by atoms with Crippen LogP contribution in [-0.2, 0) is 0 Å². The molecule has 3 aromatic rings. The molecule has 1 aromatic heterocycles. The number of hydrogen-bond acceptors (Lipinski definition) is 4. The lowest BCUT2D eigenvalue weighted by Gasteiger charge is -2.10. The zero-order chi connectivity index (χ0) is 15.5. The number of carboxylic acids is 1. The number of nitrogens with one attached hydrogen (secondary N) is 1. The van der Waals surface area contributed by atoms with Gasteiger partial charge >= 0.3 is 5.97 Å². The maximum atomic E-state index is 10.9. The highest BCUT2D eigenvalue weighted by molar-refractivity contribution is 5.94. The molecule has 0 radical (unpaired) electrons. The molecular weight excluding hydrogens is 278 g/mol. The maximum absolute atomic E-state index is 10.9. The molecule has 2 aromatic carbocycles. The predicted molar refractivity (Wildman–Crippen MR) is 83.1 cm³/mol. The van der Waals surface area contributed by atoms with Crippen LogP contribution >= 0.6 is 0 Å². The molecule has 0 amide bonds. The zero-order valence-corrected chi connectivity index (χ0v) is 11.4. The molecule has 5 nitrogen and oxygen atoms in total. The number of hydrogen-bond donors (Lipinski definition) is 2. The third-order valence-corrected chi connectivity index (χ3v) is 3.28. The summed E-state index contributed by atoms with van der Waals surface area (Å²) in [5.41, 5.74) is 3.15. The summed E-state index contributed by atoms with van der Waals surface area (Å²) >= 11 is 0. The van der Waals surface area contributed by atoms with E-state index in [9.17, 15) is 4.79 Å². The fourth-order valence-electron chi connectivity index (χ4n) is 2.18. The molecule has 1 heterocycles. The number of carbonyl (C=O) groups is 1. The highest BCUT2D eigenvalue weighted by Gasteiger charge is 2.05. The Hall–Kier alpha value is -3.39. The highest BCUT2D eigenvalue weighted by atomic mass is 16.4. The molecule has 3 rings (SSSR count). The standard InChI is InChI=1S/C17H11N3O2/c18-10-11-1-6-15-14(9-11)16(7-8-19-15)20-13-4-2-12(3-5-13)17(21)22/h1-9H,(H,19,20)(H,21,22). The van der Waals surface area contributed by atoms with Gasteiger partial charge < -0.3 is 10.4 Å². The topological polar surface area (TPSA) is 86.0 Å². The molecule has 0 spiro atoms. The van der Waals surface area contributed by atoms with Crippen molar-refractivity contribution in [3.63, 3.8) is 0 Å². The van der Waals surface area contributed by atoms with Crippen LogP contribution in [0.5, 0.6) is 0 Å². The second-order valence-electron chi connectivity index (χ2n) is 4.71. The van der Waals surface area contributed by atoms with Crippen LogP contribution in [0.15, 0.2) is 54.7 Å². The molecule has 106 valence electrons. The Labute approximate surface area is 126 Å². The van der Waals surface area contributed by atoms with E-state index in [0.717, 1.165) is 22.3 Å². The van der Waals surface area contributed by atoms with Crippen molar-refractivity contribution < 1.29 is 9.90 Å². The molecule has 5 heteroatoms. The van der Waals surface area contributed by atoms with E-state index in [4.69, 9.17) is 10.4 Å². The molecule has 0 fully saturated rings. The second kappa shape index (κ2) is 5.54. The van der Waals surface area contributed by atoms with E-state index in [1.165, 1.54) is 12.1 Å². The molecule has 0 atom stereocenters. The fraction of sp³-hybridized carbons (Fsp3) is 0. The van der Waals surface area contributed by atoms with Gasteiger partial charge in [0.25, 0.3) is 0 Å².